The first-order chi connectivity index (χ1) is 9.28. The highest BCUT2D eigenvalue weighted by Gasteiger charge is 2.11. The molecular weight excluding hydrogens is 232 g/mol. The quantitative estimate of drug-likeness (QED) is 0.647. The Morgan fingerprint density at radius 3 is 1.42 bits per heavy atom. The Morgan fingerprint density at radius 1 is 0.789 bits per heavy atom. The van der Waals surface area contributed by atoms with E-state index < -0.39 is 0 Å². The third-order valence-electron chi connectivity index (χ3n) is 3.26. The second kappa shape index (κ2) is 5.85. The zero-order valence-electron chi connectivity index (χ0n) is 10.8. The van der Waals surface area contributed by atoms with Crippen molar-refractivity contribution >= 4 is 11.4 Å². The number of hydrogen-bond acceptors (Lipinski definition) is 0. The minimum absolute atomic E-state index is 0.319. The van der Waals surface area contributed by atoms with E-state index in [9.17, 15) is 0 Å². The van der Waals surface area contributed by atoms with Crippen LogP contribution in [0.3, 0.4) is 0 Å². The third kappa shape index (κ3) is 2.81. The van der Waals surface area contributed by atoms with Crippen molar-refractivity contribution in [3.63, 3.8) is 0 Å². The SMILES string of the molecule is [C-]#[N+]c1ccc(C(CC)c2ccc([N+]#[C-])cc2)cc1. The molecule has 0 N–H and O–H groups in total. The Morgan fingerprint density at radius 2 is 1.16 bits per heavy atom. The molecule has 2 aromatic carbocycles. The van der Waals surface area contributed by atoms with Gasteiger partial charge < -0.3 is 0 Å². The Bertz CT molecular complexity index is 567. The number of rotatable bonds is 3. The summed E-state index contributed by atoms with van der Waals surface area (Å²) in [6, 6.07) is 15.5. The van der Waals surface area contributed by atoms with Gasteiger partial charge in [0.2, 0.25) is 0 Å². The van der Waals surface area contributed by atoms with Crippen LogP contribution in [0.15, 0.2) is 48.5 Å². The molecule has 0 amide bonds. The molecule has 0 aliphatic rings. The van der Waals surface area contributed by atoms with E-state index in [1.54, 1.807) is 0 Å². The average Bonchev–Trinajstić information content (AvgIpc) is 2.49. The van der Waals surface area contributed by atoms with Crippen LogP contribution in [0.5, 0.6) is 0 Å². The van der Waals surface area contributed by atoms with Crippen molar-refractivity contribution in [2.45, 2.75) is 19.3 Å². The van der Waals surface area contributed by atoms with Gasteiger partial charge in [-0.3, -0.25) is 0 Å². The predicted octanol–water partition coefficient (Wildman–Crippen LogP) is 5.33. The standard InChI is InChI=1S/C17H14N2/c1-4-17(13-5-9-15(18-2)10-6-13)14-7-11-16(19-3)12-8-14/h5-12,17H,4H2,1H3. The highest BCUT2D eigenvalue weighted by molar-refractivity contribution is 5.49. The van der Waals surface area contributed by atoms with E-state index in [-0.39, 0.29) is 0 Å². The van der Waals surface area contributed by atoms with E-state index in [1.165, 1.54) is 11.1 Å². The van der Waals surface area contributed by atoms with Crippen LogP contribution in [0.4, 0.5) is 11.4 Å². The summed E-state index contributed by atoms with van der Waals surface area (Å²) in [7, 11) is 0. The fraction of sp³-hybridized carbons (Fsp3) is 0.176. The van der Waals surface area contributed by atoms with Crippen molar-refractivity contribution in [3.05, 3.63) is 82.5 Å². The van der Waals surface area contributed by atoms with Gasteiger partial charge in [0.25, 0.3) is 0 Å². The molecular formula is C17H14N2. The largest absolute Gasteiger partial charge is 0.238 e. The molecule has 0 saturated carbocycles. The lowest BCUT2D eigenvalue weighted by Crippen LogP contribution is -1.98. The molecule has 0 aromatic heterocycles. The first kappa shape index (κ1) is 12.9. The summed E-state index contributed by atoms with van der Waals surface area (Å²) in [6.07, 6.45) is 0.995. The molecule has 0 aliphatic carbocycles. The molecule has 19 heavy (non-hydrogen) atoms. The monoisotopic (exact) mass is 246 g/mol. The van der Waals surface area contributed by atoms with Gasteiger partial charge in [-0.2, -0.15) is 0 Å². The van der Waals surface area contributed by atoms with Crippen molar-refractivity contribution in [2.75, 3.05) is 0 Å². The number of nitrogens with zero attached hydrogens (tertiary/aromatic N) is 2. The molecule has 0 saturated heterocycles. The summed E-state index contributed by atoms with van der Waals surface area (Å²) in [6.45, 7) is 16.1. The molecule has 2 nitrogen and oxygen atoms in total. The van der Waals surface area contributed by atoms with Crippen molar-refractivity contribution < 1.29 is 0 Å². The van der Waals surface area contributed by atoms with Gasteiger partial charge in [-0.1, -0.05) is 55.5 Å². The lowest BCUT2D eigenvalue weighted by molar-refractivity contribution is 0.778. The van der Waals surface area contributed by atoms with Gasteiger partial charge in [0.05, 0.1) is 13.1 Å². The van der Waals surface area contributed by atoms with Crippen LogP contribution in [0.1, 0.15) is 30.4 Å². The summed E-state index contributed by atoms with van der Waals surface area (Å²) in [5, 5.41) is 0. The van der Waals surface area contributed by atoms with Crippen molar-refractivity contribution in [1.82, 2.24) is 0 Å². The minimum Gasteiger partial charge on any atom is -0.238 e. The van der Waals surface area contributed by atoms with E-state index in [4.69, 9.17) is 13.1 Å². The second-order valence-corrected chi connectivity index (χ2v) is 4.37. The molecule has 0 fully saturated rings. The van der Waals surface area contributed by atoms with Crippen LogP contribution in [-0.4, -0.2) is 0 Å². The van der Waals surface area contributed by atoms with Crippen molar-refractivity contribution in [2.24, 2.45) is 0 Å². The van der Waals surface area contributed by atoms with Crippen LogP contribution in [0, 0.1) is 13.1 Å². The lowest BCUT2D eigenvalue weighted by Gasteiger charge is -2.16. The molecule has 0 aliphatic heterocycles. The van der Waals surface area contributed by atoms with Gasteiger partial charge in [0, 0.05) is 5.92 Å². The first-order valence-corrected chi connectivity index (χ1v) is 6.23. The summed E-state index contributed by atoms with van der Waals surface area (Å²) in [5.41, 5.74) is 3.76. The zero-order chi connectivity index (χ0) is 13.7. The molecule has 0 heterocycles. The second-order valence-electron chi connectivity index (χ2n) is 4.37. The molecule has 2 rings (SSSR count). The fourth-order valence-electron chi connectivity index (χ4n) is 2.23. The van der Waals surface area contributed by atoms with Crippen LogP contribution in [0.2, 0.25) is 0 Å². The smallest absolute Gasteiger partial charge is 0.187 e. The van der Waals surface area contributed by atoms with Crippen LogP contribution < -0.4 is 0 Å². The molecule has 0 atom stereocenters. The van der Waals surface area contributed by atoms with Gasteiger partial charge in [-0.25, -0.2) is 9.69 Å². The van der Waals surface area contributed by atoms with E-state index in [0.29, 0.717) is 17.3 Å². The number of benzene rings is 2. The maximum absolute atomic E-state index is 6.97. The molecule has 0 radical (unpaired) electrons. The Labute approximate surface area is 114 Å². The van der Waals surface area contributed by atoms with E-state index >= 15 is 0 Å². The van der Waals surface area contributed by atoms with Gasteiger partial charge in [0.15, 0.2) is 11.4 Å². The summed E-state index contributed by atoms with van der Waals surface area (Å²) in [4.78, 5) is 6.82. The topological polar surface area (TPSA) is 8.72 Å². The maximum Gasteiger partial charge on any atom is 0.187 e. The van der Waals surface area contributed by atoms with Crippen molar-refractivity contribution in [1.29, 1.82) is 0 Å². The fourth-order valence-corrected chi connectivity index (χ4v) is 2.23. The summed E-state index contributed by atoms with van der Waals surface area (Å²) in [5.74, 6) is 0.319. The van der Waals surface area contributed by atoms with Crippen molar-refractivity contribution in [3.8, 4) is 0 Å². The predicted molar refractivity (Wildman–Crippen MR) is 77.5 cm³/mol. The van der Waals surface area contributed by atoms with E-state index in [1.807, 2.05) is 48.5 Å². The summed E-state index contributed by atoms with van der Waals surface area (Å²) >= 11 is 0. The highest BCUT2D eigenvalue weighted by atomic mass is 14.6. The highest BCUT2D eigenvalue weighted by Crippen LogP contribution is 2.30. The first-order valence-electron chi connectivity index (χ1n) is 6.23. The average molecular weight is 246 g/mol. The Kier molecular flexibility index (Phi) is 3.96. The van der Waals surface area contributed by atoms with E-state index in [0.717, 1.165) is 6.42 Å². The molecule has 0 unspecified atom stereocenters. The van der Waals surface area contributed by atoms with Crippen LogP contribution in [-0.2, 0) is 0 Å². The van der Waals surface area contributed by atoms with Gasteiger partial charge in [0.1, 0.15) is 0 Å². The van der Waals surface area contributed by atoms with E-state index in [2.05, 4.69) is 16.6 Å². The lowest BCUT2D eigenvalue weighted by atomic mass is 9.89. The summed E-state index contributed by atoms with van der Waals surface area (Å²) < 4.78 is 0. The van der Waals surface area contributed by atoms with Crippen LogP contribution >= 0.6 is 0 Å². The zero-order valence-corrected chi connectivity index (χ0v) is 10.8. The number of hydrogen-bond donors (Lipinski definition) is 0. The molecule has 2 heteroatoms. The molecule has 2 aromatic rings. The minimum atomic E-state index is 0.319. The molecule has 92 valence electrons. The Hall–Kier alpha value is -2.58. The molecule has 0 bridgehead atoms. The van der Waals surface area contributed by atoms with Gasteiger partial charge >= 0.3 is 0 Å². The Balaban J connectivity index is 2.33. The molecule has 0 spiro atoms. The van der Waals surface area contributed by atoms with Gasteiger partial charge in [-0.15, -0.1) is 0 Å². The maximum atomic E-state index is 6.97. The normalized spacial score (nSPS) is 9.89. The van der Waals surface area contributed by atoms with Gasteiger partial charge in [-0.05, 0) is 17.5 Å². The third-order valence-corrected chi connectivity index (χ3v) is 3.26. The van der Waals surface area contributed by atoms with Crippen LogP contribution in [0.25, 0.3) is 9.69 Å².